The average Bonchev–Trinajstić information content (AvgIpc) is 3.37. The molecule has 4 aromatic rings. The first-order valence-electron chi connectivity index (χ1n) is 8.13. The summed E-state index contributed by atoms with van der Waals surface area (Å²) in [6, 6.07) is 13.2. The summed E-state index contributed by atoms with van der Waals surface area (Å²) in [5, 5.41) is 4.74. The van der Waals surface area contributed by atoms with Crippen LogP contribution in [0.15, 0.2) is 68.8 Å². The lowest BCUT2D eigenvalue weighted by atomic mass is 10.2. The van der Waals surface area contributed by atoms with E-state index in [9.17, 15) is 4.79 Å². The van der Waals surface area contributed by atoms with Gasteiger partial charge in [0.15, 0.2) is 10.9 Å². The zero-order chi connectivity index (χ0) is 17.9. The zero-order valence-electron chi connectivity index (χ0n) is 14.1. The zero-order valence-corrected chi connectivity index (χ0v) is 15.0. The van der Waals surface area contributed by atoms with Crippen molar-refractivity contribution < 1.29 is 13.6 Å². The number of hydrogen-bond donors (Lipinski definition) is 1. The third kappa shape index (κ3) is 3.52. The maximum absolute atomic E-state index is 12.3. The first-order chi connectivity index (χ1) is 12.7. The van der Waals surface area contributed by atoms with E-state index >= 15 is 0 Å². The van der Waals surface area contributed by atoms with Crippen molar-refractivity contribution in [3.05, 3.63) is 72.1 Å². The summed E-state index contributed by atoms with van der Waals surface area (Å²) in [6.45, 7) is 0.311. The lowest BCUT2D eigenvalue weighted by Gasteiger charge is -2.01. The van der Waals surface area contributed by atoms with Gasteiger partial charge in [-0.15, -0.1) is 0 Å². The van der Waals surface area contributed by atoms with E-state index in [4.69, 9.17) is 8.83 Å². The number of carbonyl (C=O) groups is 1. The van der Waals surface area contributed by atoms with Gasteiger partial charge in [-0.05, 0) is 24.3 Å². The second kappa shape index (κ2) is 7.13. The van der Waals surface area contributed by atoms with Gasteiger partial charge in [-0.3, -0.25) is 4.79 Å². The minimum absolute atomic E-state index is 0.265. The van der Waals surface area contributed by atoms with E-state index in [1.807, 2.05) is 54.2 Å². The number of fused-ring (bicyclic) bond motifs is 1. The Morgan fingerprint density at radius 3 is 2.88 bits per heavy atom. The Labute approximate surface area is 154 Å². The molecule has 0 atom stereocenters. The Hall–Kier alpha value is -2.93. The molecule has 1 amide bonds. The molecular formula is C19H17N3O3S. The normalized spacial score (nSPS) is 11.1. The summed E-state index contributed by atoms with van der Waals surface area (Å²) >= 11 is 1.56. The number of imidazole rings is 1. The van der Waals surface area contributed by atoms with Gasteiger partial charge < -0.3 is 18.7 Å². The van der Waals surface area contributed by atoms with Crippen LogP contribution in [-0.2, 0) is 19.3 Å². The maximum Gasteiger partial charge on any atom is 0.287 e. The summed E-state index contributed by atoms with van der Waals surface area (Å²) in [7, 11) is 1.94. The van der Waals surface area contributed by atoms with Crippen LogP contribution in [0.3, 0.4) is 0 Å². The molecule has 3 aromatic heterocycles. The molecule has 0 radical (unpaired) electrons. The molecule has 6 nitrogen and oxygen atoms in total. The quantitative estimate of drug-likeness (QED) is 0.522. The van der Waals surface area contributed by atoms with Crippen LogP contribution < -0.4 is 5.32 Å². The average molecular weight is 367 g/mol. The molecule has 0 saturated carbocycles. The van der Waals surface area contributed by atoms with Gasteiger partial charge in [0, 0.05) is 24.8 Å². The number of para-hydroxylation sites is 1. The number of benzene rings is 1. The largest absolute Gasteiger partial charge is 0.459 e. The molecule has 0 aliphatic heterocycles. The van der Waals surface area contributed by atoms with E-state index in [0.717, 1.165) is 21.9 Å². The lowest BCUT2D eigenvalue weighted by molar-refractivity contribution is 0.0919. The van der Waals surface area contributed by atoms with Gasteiger partial charge in [0.05, 0.1) is 12.3 Å². The molecule has 0 saturated heterocycles. The number of thioether (sulfide) groups is 1. The first kappa shape index (κ1) is 16.5. The van der Waals surface area contributed by atoms with E-state index in [1.165, 1.54) is 0 Å². The molecule has 0 fully saturated rings. The lowest BCUT2D eigenvalue weighted by Crippen LogP contribution is -2.21. The van der Waals surface area contributed by atoms with Crippen LogP contribution in [0.5, 0.6) is 0 Å². The van der Waals surface area contributed by atoms with Crippen molar-refractivity contribution in [2.75, 3.05) is 0 Å². The second-order valence-electron chi connectivity index (χ2n) is 5.81. The maximum atomic E-state index is 12.3. The van der Waals surface area contributed by atoms with Crippen molar-refractivity contribution in [1.82, 2.24) is 14.9 Å². The number of nitrogens with one attached hydrogen (secondary N) is 1. The fraction of sp³-hybridized carbons (Fsp3) is 0.158. The van der Waals surface area contributed by atoms with Crippen molar-refractivity contribution in [2.45, 2.75) is 17.5 Å². The molecule has 0 unspecified atom stereocenters. The summed E-state index contributed by atoms with van der Waals surface area (Å²) in [5.41, 5.74) is 0.809. The minimum atomic E-state index is -0.265. The van der Waals surface area contributed by atoms with Crippen LogP contribution in [0, 0.1) is 0 Å². The van der Waals surface area contributed by atoms with Crippen LogP contribution in [0.2, 0.25) is 0 Å². The van der Waals surface area contributed by atoms with E-state index in [1.54, 1.807) is 24.0 Å². The standard InChI is InChI=1S/C19H17N3O3S/c1-22-9-8-20-19(22)26-12-14-6-7-17(24-14)18(23)21-11-15-10-13-4-2-3-5-16(13)25-15/h2-10H,11-12H2,1H3,(H,21,23). The number of furan rings is 2. The van der Waals surface area contributed by atoms with Gasteiger partial charge in [-0.2, -0.15) is 0 Å². The Balaban J connectivity index is 1.34. The van der Waals surface area contributed by atoms with E-state index in [-0.39, 0.29) is 11.7 Å². The first-order valence-corrected chi connectivity index (χ1v) is 9.12. The van der Waals surface area contributed by atoms with Crippen LogP contribution in [0.25, 0.3) is 11.0 Å². The van der Waals surface area contributed by atoms with Gasteiger partial charge in [-0.1, -0.05) is 30.0 Å². The highest BCUT2D eigenvalue weighted by atomic mass is 32.2. The molecule has 1 N–H and O–H groups in total. The molecule has 132 valence electrons. The van der Waals surface area contributed by atoms with Crippen molar-refractivity contribution in [3.63, 3.8) is 0 Å². The fourth-order valence-corrected chi connectivity index (χ4v) is 3.41. The molecular weight excluding hydrogens is 350 g/mol. The topological polar surface area (TPSA) is 73.2 Å². The summed E-state index contributed by atoms with van der Waals surface area (Å²) in [6.07, 6.45) is 3.64. The molecule has 4 rings (SSSR count). The predicted molar refractivity (Wildman–Crippen MR) is 98.9 cm³/mol. The molecule has 3 heterocycles. The van der Waals surface area contributed by atoms with E-state index in [2.05, 4.69) is 10.3 Å². The Kier molecular flexibility index (Phi) is 4.53. The fourth-order valence-electron chi connectivity index (χ4n) is 2.58. The van der Waals surface area contributed by atoms with E-state index in [0.29, 0.717) is 18.1 Å². The van der Waals surface area contributed by atoms with Crippen molar-refractivity contribution >= 4 is 28.6 Å². The predicted octanol–water partition coefficient (Wildman–Crippen LogP) is 3.98. The number of amides is 1. The number of carbonyl (C=O) groups excluding carboxylic acids is 1. The Morgan fingerprint density at radius 1 is 1.19 bits per heavy atom. The van der Waals surface area contributed by atoms with Gasteiger partial charge in [0.1, 0.15) is 17.1 Å². The molecule has 0 aliphatic carbocycles. The van der Waals surface area contributed by atoms with Gasteiger partial charge in [0.25, 0.3) is 5.91 Å². The van der Waals surface area contributed by atoms with Gasteiger partial charge in [0.2, 0.25) is 0 Å². The van der Waals surface area contributed by atoms with Gasteiger partial charge >= 0.3 is 0 Å². The number of aryl methyl sites for hydroxylation is 1. The highest BCUT2D eigenvalue weighted by Crippen LogP contribution is 2.22. The smallest absolute Gasteiger partial charge is 0.287 e. The molecule has 26 heavy (non-hydrogen) atoms. The number of hydrogen-bond acceptors (Lipinski definition) is 5. The molecule has 0 spiro atoms. The molecule has 0 aliphatic rings. The number of nitrogens with zero attached hydrogens (tertiary/aromatic N) is 2. The third-order valence-electron chi connectivity index (χ3n) is 3.91. The van der Waals surface area contributed by atoms with E-state index < -0.39 is 0 Å². The van der Waals surface area contributed by atoms with Crippen molar-refractivity contribution in [3.8, 4) is 0 Å². The minimum Gasteiger partial charge on any atom is -0.459 e. The Bertz CT molecular complexity index is 1010. The van der Waals surface area contributed by atoms with Crippen LogP contribution in [-0.4, -0.2) is 15.5 Å². The van der Waals surface area contributed by atoms with Crippen LogP contribution in [0.4, 0.5) is 0 Å². The summed E-state index contributed by atoms with van der Waals surface area (Å²) < 4.78 is 13.3. The molecule has 1 aromatic carbocycles. The highest BCUT2D eigenvalue weighted by molar-refractivity contribution is 7.98. The number of rotatable bonds is 6. The molecule has 0 bridgehead atoms. The van der Waals surface area contributed by atoms with Crippen molar-refractivity contribution in [2.24, 2.45) is 7.05 Å². The monoisotopic (exact) mass is 367 g/mol. The highest BCUT2D eigenvalue weighted by Gasteiger charge is 2.13. The van der Waals surface area contributed by atoms with Crippen molar-refractivity contribution in [1.29, 1.82) is 0 Å². The second-order valence-corrected chi connectivity index (χ2v) is 6.75. The third-order valence-corrected chi connectivity index (χ3v) is 4.99. The van der Waals surface area contributed by atoms with Crippen LogP contribution >= 0.6 is 11.8 Å². The van der Waals surface area contributed by atoms with Crippen LogP contribution in [0.1, 0.15) is 22.1 Å². The van der Waals surface area contributed by atoms with Gasteiger partial charge in [-0.25, -0.2) is 4.98 Å². The SMILES string of the molecule is Cn1ccnc1SCc1ccc(C(=O)NCc2cc3ccccc3o2)o1. The number of aromatic nitrogens is 2. The molecule has 7 heteroatoms. The Morgan fingerprint density at radius 2 is 2.08 bits per heavy atom. The summed E-state index contributed by atoms with van der Waals surface area (Å²) in [5.74, 6) is 2.07. The summed E-state index contributed by atoms with van der Waals surface area (Å²) in [4.78, 5) is 16.5.